The molecule has 0 heterocycles. The summed E-state index contributed by atoms with van der Waals surface area (Å²) in [6, 6.07) is 0. The van der Waals surface area contributed by atoms with Crippen molar-refractivity contribution >= 4 is 5.71 Å². The fourth-order valence-corrected chi connectivity index (χ4v) is 0.478. The minimum absolute atomic E-state index is 0.953. The van der Waals surface area contributed by atoms with Crippen LogP contribution < -0.4 is 0 Å². The Labute approximate surface area is 57.5 Å². The lowest BCUT2D eigenvalue weighted by atomic mass is 10.3. The SMILES string of the molecule is C=CC(C)=NCCCC. The molecule has 0 aromatic rings. The summed E-state index contributed by atoms with van der Waals surface area (Å²) in [5.74, 6) is 0. The number of nitrogens with zero attached hydrogens (tertiary/aromatic N) is 1. The van der Waals surface area contributed by atoms with E-state index in [1.165, 1.54) is 12.8 Å². The summed E-state index contributed by atoms with van der Waals surface area (Å²) in [6.07, 6.45) is 4.19. The van der Waals surface area contributed by atoms with Gasteiger partial charge in [0.25, 0.3) is 0 Å². The molecule has 0 aliphatic rings. The van der Waals surface area contributed by atoms with Crippen LogP contribution in [0.15, 0.2) is 17.6 Å². The molecule has 0 N–H and O–H groups in total. The fraction of sp³-hybridized carbons (Fsp3) is 0.625. The monoisotopic (exact) mass is 125 g/mol. The van der Waals surface area contributed by atoms with E-state index in [1.54, 1.807) is 6.08 Å². The lowest BCUT2D eigenvalue weighted by Crippen LogP contribution is -1.86. The van der Waals surface area contributed by atoms with Crippen molar-refractivity contribution in [3.05, 3.63) is 12.7 Å². The molecule has 0 bridgehead atoms. The molecule has 0 aliphatic heterocycles. The summed E-state index contributed by atoms with van der Waals surface area (Å²) in [4.78, 5) is 4.23. The minimum Gasteiger partial charge on any atom is -0.290 e. The first-order valence-corrected chi connectivity index (χ1v) is 3.44. The zero-order chi connectivity index (χ0) is 7.11. The van der Waals surface area contributed by atoms with E-state index in [4.69, 9.17) is 0 Å². The first-order chi connectivity index (χ1) is 4.31. The van der Waals surface area contributed by atoms with E-state index in [1.807, 2.05) is 6.92 Å². The van der Waals surface area contributed by atoms with Gasteiger partial charge in [-0.05, 0) is 19.4 Å². The molecule has 0 aromatic carbocycles. The molecule has 52 valence electrons. The van der Waals surface area contributed by atoms with Crippen molar-refractivity contribution in [2.45, 2.75) is 26.7 Å². The quantitative estimate of drug-likeness (QED) is 0.404. The van der Waals surface area contributed by atoms with Crippen LogP contribution in [0.25, 0.3) is 0 Å². The van der Waals surface area contributed by atoms with Crippen LogP contribution in [0.1, 0.15) is 26.7 Å². The summed E-state index contributed by atoms with van der Waals surface area (Å²) in [7, 11) is 0. The number of allylic oxidation sites excluding steroid dienone is 1. The number of hydrogen-bond donors (Lipinski definition) is 0. The molecular weight excluding hydrogens is 110 g/mol. The normalized spacial score (nSPS) is 11.6. The Balaban J connectivity index is 3.31. The zero-order valence-electron chi connectivity index (χ0n) is 6.35. The molecule has 0 saturated carbocycles. The summed E-state index contributed by atoms with van der Waals surface area (Å²) in [6.45, 7) is 8.70. The molecule has 1 nitrogen and oxygen atoms in total. The summed E-state index contributed by atoms with van der Waals surface area (Å²) < 4.78 is 0. The van der Waals surface area contributed by atoms with Gasteiger partial charge in [-0.2, -0.15) is 0 Å². The van der Waals surface area contributed by atoms with Crippen LogP contribution in [-0.4, -0.2) is 12.3 Å². The van der Waals surface area contributed by atoms with Crippen LogP contribution in [0, 0.1) is 0 Å². The van der Waals surface area contributed by atoms with E-state index in [2.05, 4.69) is 18.5 Å². The smallest absolute Gasteiger partial charge is 0.0392 e. The van der Waals surface area contributed by atoms with Gasteiger partial charge >= 0.3 is 0 Å². The largest absolute Gasteiger partial charge is 0.290 e. The van der Waals surface area contributed by atoms with Crippen molar-refractivity contribution in [2.24, 2.45) is 4.99 Å². The van der Waals surface area contributed by atoms with Crippen LogP contribution in [-0.2, 0) is 0 Å². The molecule has 0 unspecified atom stereocenters. The lowest BCUT2D eigenvalue weighted by Gasteiger charge is -1.90. The van der Waals surface area contributed by atoms with Crippen LogP contribution in [0.2, 0.25) is 0 Å². The first kappa shape index (κ1) is 8.41. The second-order valence-corrected chi connectivity index (χ2v) is 2.08. The third-order valence-corrected chi connectivity index (χ3v) is 1.17. The van der Waals surface area contributed by atoms with E-state index in [-0.39, 0.29) is 0 Å². The molecule has 9 heavy (non-hydrogen) atoms. The highest BCUT2D eigenvalue weighted by atomic mass is 14.7. The molecule has 0 spiro atoms. The average Bonchev–Trinajstić information content (AvgIpc) is 1.89. The van der Waals surface area contributed by atoms with Gasteiger partial charge in [0, 0.05) is 12.3 Å². The van der Waals surface area contributed by atoms with Gasteiger partial charge in [-0.15, -0.1) is 0 Å². The molecular formula is C8H15N. The molecule has 0 radical (unpaired) electrons. The van der Waals surface area contributed by atoms with E-state index in [0.717, 1.165) is 12.3 Å². The van der Waals surface area contributed by atoms with Gasteiger partial charge in [0.05, 0.1) is 0 Å². The van der Waals surface area contributed by atoms with Crippen molar-refractivity contribution in [1.29, 1.82) is 0 Å². The van der Waals surface area contributed by atoms with Gasteiger partial charge in [-0.3, -0.25) is 4.99 Å². The standard InChI is InChI=1S/C8H15N/c1-4-6-7-9-8(3)5-2/h5H,2,4,6-7H2,1,3H3. The Hall–Kier alpha value is -0.590. The van der Waals surface area contributed by atoms with Crippen molar-refractivity contribution in [2.75, 3.05) is 6.54 Å². The molecule has 0 aromatic heterocycles. The fourth-order valence-electron chi connectivity index (χ4n) is 0.478. The molecule has 0 rings (SSSR count). The van der Waals surface area contributed by atoms with Gasteiger partial charge in [-0.1, -0.05) is 19.9 Å². The van der Waals surface area contributed by atoms with Gasteiger partial charge in [0.1, 0.15) is 0 Å². The highest BCUT2D eigenvalue weighted by molar-refractivity contribution is 5.92. The number of aliphatic imine (C=N–C) groups is 1. The topological polar surface area (TPSA) is 12.4 Å². The Morgan fingerprint density at radius 2 is 2.33 bits per heavy atom. The van der Waals surface area contributed by atoms with Crippen LogP contribution in [0.3, 0.4) is 0 Å². The molecule has 0 amide bonds. The van der Waals surface area contributed by atoms with Crippen molar-refractivity contribution in [3.63, 3.8) is 0 Å². The zero-order valence-corrected chi connectivity index (χ0v) is 6.35. The van der Waals surface area contributed by atoms with Crippen molar-refractivity contribution < 1.29 is 0 Å². The van der Waals surface area contributed by atoms with Gasteiger partial charge in [-0.25, -0.2) is 0 Å². The third kappa shape index (κ3) is 5.28. The number of rotatable bonds is 4. The maximum Gasteiger partial charge on any atom is 0.0392 e. The third-order valence-electron chi connectivity index (χ3n) is 1.17. The Morgan fingerprint density at radius 3 is 2.78 bits per heavy atom. The van der Waals surface area contributed by atoms with E-state index < -0.39 is 0 Å². The maximum atomic E-state index is 4.23. The lowest BCUT2D eigenvalue weighted by molar-refractivity contribution is 0.808. The van der Waals surface area contributed by atoms with Crippen molar-refractivity contribution in [1.82, 2.24) is 0 Å². The maximum absolute atomic E-state index is 4.23. The second kappa shape index (κ2) is 5.54. The van der Waals surface area contributed by atoms with Gasteiger partial charge in [0.15, 0.2) is 0 Å². The van der Waals surface area contributed by atoms with E-state index in [9.17, 15) is 0 Å². The average molecular weight is 125 g/mol. The number of hydrogen-bond acceptors (Lipinski definition) is 1. The molecule has 0 aliphatic carbocycles. The van der Waals surface area contributed by atoms with E-state index >= 15 is 0 Å². The molecule has 0 saturated heterocycles. The summed E-state index contributed by atoms with van der Waals surface area (Å²) >= 11 is 0. The van der Waals surface area contributed by atoms with Crippen LogP contribution in [0.4, 0.5) is 0 Å². The van der Waals surface area contributed by atoms with Gasteiger partial charge < -0.3 is 0 Å². The Morgan fingerprint density at radius 1 is 1.67 bits per heavy atom. The predicted molar refractivity (Wildman–Crippen MR) is 43.1 cm³/mol. The highest BCUT2D eigenvalue weighted by Crippen LogP contribution is 1.87. The predicted octanol–water partition coefficient (Wildman–Crippen LogP) is 2.43. The first-order valence-electron chi connectivity index (χ1n) is 3.44. The minimum atomic E-state index is 0.953. The number of unbranched alkanes of at least 4 members (excludes halogenated alkanes) is 1. The molecule has 0 fully saturated rings. The summed E-state index contributed by atoms with van der Waals surface area (Å²) in [5.41, 5.74) is 1.04. The molecule has 1 heteroatoms. The molecule has 0 atom stereocenters. The summed E-state index contributed by atoms with van der Waals surface area (Å²) in [5, 5.41) is 0. The second-order valence-electron chi connectivity index (χ2n) is 2.08. The Bertz CT molecular complexity index is 103. The Kier molecular flexibility index (Phi) is 5.18. The van der Waals surface area contributed by atoms with E-state index in [0.29, 0.717) is 0 Å². The van der Waals surface area contributed by atoms with Crippen LogP contribution >= 0.6 is 0 Å². The van der Waals surface area contributed by atoms with Crippen LogP contribution in [0.5, 0.6) is 0 Å². The highest BCUT2D eigenvalue weighted by Gasteiger charge is 1.80. The van der Waals surface area contributed by atoms with Crippen molar-refractivity contribution in [3.8, 4) is 0 Å². The van der Waals surface area contributed by atoms with Gasteiger partial charge in [0.2, 0.25) is 0 Å².